The van der Waals surface area contributed by atoms with Gasteiger partial charge in [0.1, 0.15) is 11.0 Å². The van der Waals surface area contributed by atoms with Crippen molar-refractivity contribution in [2.45, 2.75) is 31.0 Å². The lowest BCUT2D eigenvalue weighted by molar-refractivity contribution is 0.277. The first-order valence-corrected chi connectivity index (χ1v) is 14.5. The first-order chi connectivity index (χ1) is 18.7. The normalized spacial score (nSPS) is 12.9. The number of hydrogen-bond acceptors (Lipinski definition) is 6. The number of aryl methyl sites for hydroxylation is 2. The first kappa shape index (κ1) is 26.8. The Morgan fingerprint density at radius 3 is 2.28 bits per heavy atom. The van der Waals surface area contributed by atoms with E-state index in [4.69, 9.17) is 9.47 Å². The van der Waals surface area contributed by atoms with E-state index >= 15 is 0 Å². The average Bonchev–Trinajstić information content (AvgIpc) is 3.51. The number of hydrogen-bond donors (Lipinski definition) is 1. The van der Waals surface area contributed by atoms with Gasteiger partial charge in [-0.15, -0.1) is 0 Å². The Morgan fingerprint density at radius 1 is 0.974 bits per heavy atom. The molecular formula is C30H34N4O4S. The number of fused-ring (bicyclic) bond motifs is 2. The minimum atomic E-state index is -3.74. The summed E-state index contributed by atoms with van der Waals surface area (Å²) in [5, 5.41) is 0.898. The third-order valence-corrected chi connectivity index (χ3v) is 9.47. The molecule has 0 aliphatic carbocycles. The SMILES string of the molecule is CCN(CC)C(c1ccnc2[nH]c(-c3cn(C)c4cc(OC)c(OC)cc34)cc12)S(=O)(=O)c1ccc(C)cc1. The molecule has 3 heterocycles. The molecule has 5 aromatic rings. The monoisotopic (exact) mass is 546 g/mol. The zero-order chi connectivity index (χ0) is 27.9. The molecule has 0 fully saturated rings. The first-order valence-electron chi connectivity index (χ1n) is 13.0. The number of benzene rings is 2. The number of sulfone groups is 1. The molecule has 0 aliphatic rings. The highest BCUT2D eigenvalue weighted by Gasteiger charge is 2.35. The average molecular weight is 547 g/mol. The van der Waals surface area contributed by atoms with Gasteiger partial charge in [0.25, 0.3) is 0 Å². The largest absolute Gasteiger partial charge is 0.493 e. The minimum absolute atomic E-state index is 0.306. The maximum atomic E-state index is 14.1. The standard InChI is InChI=1S/C30H34N4O4S/c1-7-34(8-2)30(39(35,36)20-11-9-19(3)10-12-20)21-13-14-31-29-23(21)15-25(32-29)24-18-33(4)26-17-28(38-6)27(37-5)16-22(24)26/h9-18,30H,7-8H2,1-6H3,(H,31,32). The molecular weight excluding hydrogens is 512 g/mol. The van der Waals surface area contributed by atoms with Gasteiger partial charge < -0.3 is 19.0 Å². The van der Waals surface area contributed by atoms with E-state index in [9.17, 15) is 8.42 Å². The summed E-state index contributed by atoms with van der Waals surface area (Å²) in [7, 11) is 1.48. The molecule has 2 aromatic carbocycles. The van der Waals surface area contributed by atoms with Crippen molar-refractivity contribution in [3.8, 4) is 22.8 Å². The van der Waals surface area contributed by atoms with Gasteiger partial charge in [-0.25, -0.2) is 13.4 Å². The molecule has 0 amide bonds. The number of methoxy groups -OCH3 is 2. The summed E-state index contributed by atoms with van der Waals surface area (Å²) in [5.74, 6) is 1.29. The number of ether oxygens (including phenoxy) is 2. The van der Waals surface area contributed by atoms with Gasteiger partial charge in [-0.2, -0.15) is 0 Å². The van der Waals surface area contributed by atoms with Crippen LogP contribution in [-0.2, 0) is 16.9 Å². The Morgan fingerprint density at radius 2 is 1.64 bits per heavy atom. The van der Waals surface area contributed by atoms with Crippen LogP contribution >= 0.6 is 0 Å². The summed E-state index contributed by atoms with van der Waals surface area (Å²) in [5.41, 5.74) is 5.13. The second-order valence-electron chi connectivity index (χ2n) is 9.66. The van der Waals surface area contributed by atoms with Crippen molar-refractivity contribution >= 4 is 31.8 Å². The van der Waals surface area contributed by atoms with Crippen LogP contribution in [-0.4, -0.2) is 55.2 Å². The summed E-state index contributed by atoms with van der Waals surface area (Å²) in [6, 6.07) is 14.8. The Labute approximate surface area is 229 Å². The molecule has 204 valence electrons. The van der Waals surface area contributed by atoms with Gasteiger partial charge in [0, 0.05) is 47.5 Å². The van der Waals surface area contributed by atoms with Crippen LogP contribution < -0.4 is 9.47 Å². The molecule has 0 saturated heterocycles. The smallest absolute Gasteiger partial charge is 0.198 e. The Kier molecular flexibility index (Phi) is 7.13. The van der Waals surface area contributed by atoms with E-state index in [0.717, 1.165) is 33.1 Å². The summed E-state index contributed by atoms with van der Waals surface area (Å²) in [6.45, 7) is 7.08. The fourth-order valence-electron chi connectivity index (χ4n) is 5.30. The molecule has 9 heteroatoms. The van der Waals surface area contributed by atoms with E-state index in [-0.39, 0.29) is 0 Å². The van der Waals surface area contributed by atoms with E-state index in [1.165, 1.54) is 0 Å². The molecule has 0 bridgehead atoms. The fraction of sp³-hybridized carbons (Fsp3) is 0.300. The Hall–Kier alpha value is -3.82. The van der Waals surface area contributed by atoms with Crippen LogP contribution in [0.2, 0.25) is 0 Å². The molecule has 8 nitrogen and oxygen atoms in total. The van der Waals surface area contributed by atoms with Crippen molar-refractivity contribution in [3.63, 3.8) is 0 Å². The lowest BCUT2D eigenvalue weighted by Crippen LogP contribution is -2.34. The van der Waals surface area contributed by atoms with E-state index in [1.807, 2.05) is 79.9 Å². The molecule has 5 rings (SSSR count). The summed E-state index contributed by atoms with van der Waals surface area (Å²) < 4.78 is 41.4. The van der Waals surface area contributed by atoms with E-state index in [1.54, 1.807) is 32.5 Å². The van der Waals surface area contributed by atoms with Gasteiger partial charge in [-0.3, -0.25) is 4.90 Å². The zero-order valence-electron chi connectivity index (χ0n) is 23.1. The molecule has 0 spiro atoms. The quantitative estimate of drug-likeness (QED) is 0.249. The van der Waals surface area contributed by atoms with Crippen LogP contribution in [0.3, 0.4) is 0 Å². The molecule has 39 heavy (non-hydrogen) atoms. The number of aromatic amines is 1. The van der Waals surface area contributed by atoms with Crippen molar-refractivity contribution in [2.24, 2.45) is 7.05 Å². The lowest BCUT2D eigenvalue weighted by atomic mass is 10.1. The number of H-pyrrole nitrogens is 1. The van der Waals surface area contributed by atoms with Gasteiger partial charge in [0.15, 0.2) is 21.3 Å². The number of aromatic nitrogens is 3. The summed E-state index contributed by atoms with van der Waals surface area (Å²) in [6.07, 6.45) is 3.72. The maximum absolute atomic E-state index is 14.1. The number of pyridine rings is 1. The van der Waals surface area contributed by atoms with Crippen molar-refractivity contribution in [2.75, 3.05) is 27.3 Å². The van der Waals surface area contributed by atoms with E-state index in [2.05, 4.69) is 9.97 Å². The Bertz CT molecular complexity index is 1750. The van der Waals surface area contributed by atoms with Crippen molar-refractivity contribution in [3.05, 3.63) is 72.1 Å². The number of nitrogens with one attached hydrogen (secondary N) is 1. The number of rotatable bonds is 9. The second kappa shape index (κ2) is 10.4. The van der Waals surface area contributed by atoms with E-state index in [0.29, 0.717) is 40.7 Å². The molecule has 1 atom stereocenters. The number of nitrogens with zero attached hydrogens (tertiary/aromatic N) is 3. The van der Waals surface area contributed by atoms with Crippen LogP contribution in [0.4, 0.5) is 0 Å². The molecule has 0 radical (unpaired) electrons. The Balaban J connectivity index is 1.71. The van der Waals surface area contributed by atoms with Crippen molar-refractivity contribution in [1.29, 1.82) is 0 Å². The fourth-order valence-corrected chi connectivity index (χ4v) is 7.31. The van der Waals surface area contributed by atoms with Crippen LogP contribution in [0.25, 0.3) is 33.2 Å². The van der Waals surface area contributed by atoms with Crippen LogP contribution in [0.15, 0.2) is 65.8 Å². The lowest BCUT2D eigenvalue weighted by Gasteiger charge is -2.30. The highest BCUT2D eigenvalue weighted by molar-refractivity contribution is 7.91. The zero-order valence-corrected chi connectivity index (χ0v) is 24.0. The molecule has 0 aliphatic heterocycles. The van der Waals surface area contributed by atoms with Crippen LogP contribution in [0.1, 0.15) is 30.3 Å². The second-order valence-corrected chi connectivity index (χ2v) is 11.7. The topological polar surface area (TPSA) is 89.4 Å². The molecule has 1 unspecified atom stereocenters. The van der Waals surface area contributed by atoms with Gasteiger partial charge in [-0.05, 0) is 55.9 Å². The van der Waals surface area contributed by atoms with Crippen LogP contribution in [0.5, 0.6) is 11.5 Å². The van der Waals surface area contributed by atoms with Crippen molar-refractivity contribution < 1.29 is 17.9 Å². The highest BCUT2D eigenvalue weighted by Crippen LogP contribution is 2.41. The molecule has 1 N–H and O–H groups in total. The third-order valence-electron chi connectivity index (χ3n) is 7.40. The van der Waals surface area contributed by atoms with Gasteiger partial charge >= 0.3 is 0 Å². The summed E-state index contributed by atoms with van der Waals surface area (Å²) in [4.78, 5) is 10.3. The predicted octanol–water partition coefficient (Wildman–Crippen LogP) is 5.86. The molecule has 0 saturated carbocycles. The van der Waals surface area contributed by atoms with Gasteiger partial charge in [0.05, 0.1) is 24.6 Å². The highest BCUT2D eigenvalue weighted by atomic mass is 32.2. The molecule has 3 aromatic heterocycles. The van der Waals surface area contributed by atoms with Crippen molar-refractivity contribution in [1.82, 2.24) is 19.4 Å². The van der Waals surface area contributed by atoms with Gasteiger partial charge in [0.2, 0.25) is 0 Å². The third kappa shape index (κ3) is 4.55. The van der Waals surface area contributed by atoms with Gasteiger partial charge in [-0.1, -0.05) is 31.5 Å². The van der Waals surface area contributed by atoms with E-state index < -0.39 is 15.2 Å². The van der Waals surface area contributed by atoms with Crippen LogP contribution in [0, 0.1) is 6.92 Å². The predicted molar refractivity (Wildman–Crippen MR) is 155 cm³/mol. The summed E-state index contributed by atoms with van der Waals surface area (Å²) >= 11 is 0. The maximum Gasteiger partial charge on any atom is 0.198 e. The minimum Gasteiger partial charge on any atom is -0.493 e.